The van der Waals surface area contributed by atoms with E-state index in [9.17, 15) is 4.79 Å². The molecular formula is C19H21ClN2O2. The Balaban J connectivity index is 1.88. The standard InChI is InChI=1S/C19H21ClN2O2/c1-18(2,3)24-17(23)19-8-12(9-21-10-19)13-6-11-4-5-16(20)22-15(11)7-14(13)19/h4-7,12,21H,8-10H2,1-3H3. The van der Waals surface area contributed by atoms with Gasteiger partial charge in [0.2, 0.25) is 0 Å². The highest BCUT2D eigenvalue weighted by molar-refractivity contribution is 6.29. The first-order chi connectivity index (χ1) is 11.3. The Hall–Kier alpha value is -1.65. The van der Waals surface area contributed by atoms with Gasteiger partial charge in [0.1, 0.15) is 16.2 Å². The Kier molecular flexibility index (Phi) is 3.42. The molecule has 0 saturated carbocycles. The number of aromatic nitrogens is 1. The van der Waals surface area contributed by atoms with Crippen molar-refractivity contribution in [2.24, 2.45) is 0 Å². The molecule has 1 N–H and O–H groups in total. The first kappa shape index (κ1) is 15.9. The van der Waals surface area contributed by atoms with Gasteiger partial charge >= 0.3 is 5.97 Å². The number of halogens is 1. The fraction of sp³-hybridized carbons (Fsp3) is 0.474. The van der Waals surface area contributed by atoms with Gasteiger partial charge in [-0.15, -0.1) is 0 Å². The molecule has 2 aliphatic rings. The van der Waals surface area contributed by atoms with E-state index in [1.165, 1.54) is 5.56 Å². The number of benzene rings is 1. The van der Waals surface area contributed by atoms with Crippen LogP contribution in [-0.4, -0.2) is 29.6 Å². The molecular weight excluding hydrogens is 324 g/mol. The Morgan fingerprint density at radius 3 is 2.92 bits per heavy atom. The minimum atomic E-state index is -0.621. The van der Waals surface area contributed by atoms with Gasteiger partial charge < -0.3 is 10.1 Å². The molecule has 2 bridgehead atoms. The van der Waals surface area contributed by atoms with Crippen LogP contribution in [0.3, 0.4) is 0 Å². The molecule has 1 aliphatic heterocycles. The maximum Gasteiger partial charge on any atom is 0.318 e. The molecule has 1 aromatic carbocycles. The molecule has 1 saturated heterocycles. The van der Waals surface area contributed by atoms with Crippen LogP contribution in [0.2, 0.25) is 5.15 Å². The van der Waals surface area contributed by atoms with Crippen molar-refractivity contribution in [1.82, 2.24) is 10.3 Å². The number of nitrogens with one attached hydrogen (secondary N) is 1. The number of esters is 1. The predicted octanol–water partition coefficient (Wildman–Crippen LogP) is 3.56. The average Bonchev–Trinajstić information content (AvgIpc) is 2.72. The Morgan fingerprint density at radius 1 is 1.38 bits per heavy atom. The third-order valence-electron chi connectivity index (χ3n) is 4.98. The molecule has 1 aromatic heterocycles. The molecule has 0 spiro atoms. The zero-order chi connectivity index (χ0) is 17.1. The molecule has 1 fully saturated rings. The molecule has 2 atom stereocenters. The van der Waals surface area contributed by atoms with Crippen LogP contribution in [0.5, 0.6) is 0 Å². The maximum atomic E-state index is 13.1. The van der Waals surface area contributed by atoms with E-state index in [2.05, 4.69) is 16.4 Å². The summed E-state index contributed by atoms with van der Waals surface area (Å²) in [6.45, 7) is 7.23. The summed E-state index contributed by atoms with van der Waals surface area (Å²) in [5, 5.41) is 4.95. The lowest BCUT2D eigenvalue weighted by atomic mass is 9.79. The summed E-state index contributed by atoms with van der Waals surface area (Å²) in [6.07, 6.45) is 0.800. The second-order valence-corrected chi connectivity index (χ2v) is 8.27. The number of ether oxygens (including phenoxy) is 1. The van der Waals surface area contributed by atoms with E-state index < -0.39 is 11.0 Å². The van der Waals surface area contributed by atoms with Crippen LogP contribution in [-0.2, 0) is 14.9 Å². The normalized spacial score (nSPS) is 25.6. The van der Waals surface area contributed by atoms with E-state index in [1.807, 2.05) is 32.9 Å². The van der Waals surface area contributed by atoms with Crippen molar-refractivity contribution in [3.05, 3.63) is 40.5 Å². The van der Waals surface area contributed by atoms with Crippen molar-refractivity contribution in [1.29, 1.82) is 0 Å². The van der Waals surface area contributed by atoms with Gasteiger partial charge in [-0.1, -0.05) is 11.6 Å². The molecule has 5 heteroatoms. The number of fused-ring (bicyclic) bond motifs is 6. The highest BCUT2D eigenvalue weighted by Crippen LogP contribution is 2.50. The first-order valence-electron chi connectivity index (χ1n) is 8.33. The highest BCUT2D eigenvalue weighted by Gasteiger charge is 2.53. The number of rotatable bonds is 1. The molecule has 4 rings (SSSR count). The van der Waals surface area contributed by atoms with Crippen LogP contribution in [0.4, 0.5) is 0 Å². The van der Waals surface area contributed by atoms with Crippen molar-refractivity contribution in [3.8, 4) is 0 Å². The van der Waals surface area contributed by atoms with Gasteiger partial charge in [0, 0.05) is 18.5 Å². The van der Waals surface area contributed by atoms with E-state index in [1.54, 1.807) is 6.07 Å². The van der Waals surface area contributed by atoms with Crippen LogP contribution in [0.15, 0.2) is 24.3 Å². The molecule has 2 aromatic rings. The van der Waals surface area contributed by atoms with Crippen LogP contribution >= 0.6 is 11.6 Å². The second-order valence-electron chi connectivity index (χ2n) is 7.88. The average molecular weight is 345 g/mol. The van der Waals surface area contributed by atoms with Gasteiger partial charge in [0.05, 0.1) is 5.52 Å². The minimum absolute atomic E-state index is 0.146. The smallest absolute Gasteiger partial charge is 0.318 e. The van der Waals surface area contributed by atoms with Crippen molar-refractivity contribution in [2.75, 3.05) is 13.1 Å². The Labute approximate surface area is 146 Å². The topological polar surface area (TPSA) is 51.2 Å². The third kappa shape index (κ3) is 2.40. The number of piperidine rings is 1. The van der Waals surface area contributed by atoms with E-state index in [0.717, 1.165) is 29.4 Å². The van der Waals surface area contributed by atoms with E-state index >= 15 is 0 Å². The second kappa shape index (κ2) is 5.17. The van der Waals surface area contributed by atoms with Crippen molar-refractivity contribution >= 4 is 28.5 Å². The van der Waals surface area contributed by atoms with E-state index in [4.69, 9.17) is 16.3 Å². The van der Waals surface area contributed by atoms with Gasteiger partial charge in [0.15, 0.2) is 0 Å². The zero-order valence-electron chi connectivity index (χ0n) is 14.1. The summed E-state index contributed by atoms with van der Waals surface area (Å²) < 4.78 is 5.77. The van der Waals surface area contributed by atoms with E-state index in [-0.39, 0.29) is 5.97 Å². The van der Waals surface area contributed by atoms with Crippen LogP contribution in [0.1, 0.15) is 44.2 Å². The zero-order valence-corrected chi connectivity index (χ0v) is 14.9. The number of carbonyl (C=O) groups excluding carboxylic acids is 1. The van der Waals surface area contributed by atoms with Gasteiger partial charge in [0.25, 0.3) is 0 Å². The summed E-state index contributed by atoms with van der Waals surface area (Å²) in [5.74, 6) is 0.189. The number of nitrogens with zero attached hydrogens (tertiary/aromatic N) is 1. The summed E-state index contributed by atoms with van der Waals surface area (Å²) in [7, 11) is 0. The van der Waals surface area contributed by atoms with E-state index in [0.29, 0.717) is 17.6 Å². The fourth-order valence-corrected chi connectivity index (χ4v) is 4.16. The lowest BCUT2D eigenvalue weighted by Gasteiger charge is -2.35. The number of pyridine rings is 1. The van der Waals surface area contributed by atoms with Crippen LogP contribution in [0, 0.1) is 0 Å². The maximum absolute atomic E-state index is 13.1. The number of carbonyl (C=O) groups is 1. The van der Waals surface area contributed by atoms with Crippen LogP contribution in [0.25, 0.3) is 10.9 Å². The van der Waals surface area contributed by atoms with Gasteiger partial charge in [-0.25, -0.2) is 4.98 Å². The summed E-state index contributed by atoms with van der Waals surface area (Å²) in [6, 6.07) is 7.99. The molecule has 2 heterocycles. The van der Waals surface area contributed by atoms with Gasteiger partial charge in [-0.2, -0.15) is 0 Å². The lowest BCUT2D eigenvalue weighted by Crippen LogP contribution is -2.49. The number of hydrogen-bond donors (Lipinski definition) is 1. The quantitative estimate of drug-likeness (QED) is 0.635. The van der Waals surface area contributed by atoms with Crippen molar-refractivity contribution < 1.29 is 9.53 Å². The summed E-state index contributed by atoms with van der Waals surface area (Å²) >= 11 is 6.05. The monoisotopic (exact) mass is 344 g/mol. The highest BCUT2D eigenvalue weighted by atomic mass is 35.5. The molecule has 24 heavy (non-hydrogen) atoms. The first-order valence-corrected chi connectivity index (χ1v) is 8.71. The molecule has 0 radical (unpaired) electrons. The van der Waals surface area contributed by atoms with Gasteiger partial charge in [-0.05, 0) is 68.5 Å². The van der Waals surface area contributed by atoms with Crippen molar-refractivity contribution in [2.45, 2.75) is 44.1 Å². The number of hydrogen-bond acceptors (Lipinski definition) is 4. The molecule has 0 amide bonds. The largest absolute Gasteiger partial charge is 0.459 e. The summed E-state index contributed by atoms with van der Waals surface area (Å²) in [5.41, 5.74) is 2.00. The predicted molar refractivity (Wildman–Crippen MR) is 94.5 cm³/mol. The van der Waals surface area contributed by atoms with Crippen molar-refractivity contribution in [3.63, 3.8) is 0 Å². The Bertz CT molecular complexity index is 843. The van der Waals surface area contributed by atoms with Gasteiger partial charge in [-0.3, -0.25) is 4.79 Å². The Morgan fingerprint density at radius 2 is 2.17 bits per heavy atom. The molecule has 4 nitrogen and oxygen atoms in total. The lowest BCUT2D eigenvalue weighted by molar-refractivity contribution is -0.162. The molecule has 126 valence electrons. The fourth-order valence-electron chi connectivity index (χ4n) is 4.01. The minimum Gasteiger partial charge on any atom is -0.459 e. The third-order valence-corrected chi connectivity index (χ3v) is 5.19. The van der Waals surface area contributed by atoms with Crippen LogP contribution < -0.4 is 5.32 Å². The SMILES string of the molecule is CC(C)(C)OC(=O)C12CNCC(C1)c1cc3ccc(Cl)nc3cc12. The molecule has 1 aliphatic carbocycles. The molecule has 2 unspecified atom stereocenters. The summed E-state index contributed by atoms with van der Waals surface area (Å²) in [4.78, 5) is 17.5.